The third kappa shape index (κ3) is 1.84. The Morgan fingerprint density at radius 3 is 2.68 bits per heavy atom. The highest BCUT2D eigenvalue weighted by Crippen LogP contribution is 2.29. The lowest BCUT2D eigenvalue weighted by molar-refractivity contribution is -0.118. The van der Waals surface area contributed by atoms with Crippen molar-refractivity contribution in [2.24, 2.45) is 0 Å². The Morgan fingerprint density at radius 1 is 1.11 bits per heavy atom. The molecule has 2 aromatic carbocycles. The summed E-state index contributed by atoms with van der Waals surface area (Å²) in [6.07, 6.45) is 0. The van der Waals surface area contributed by atoms with Gasteiger partial charge in [0.15, 0.2) is 0 Å². The third-order valence-electron chi connectivity index (χ3n) is 3.23. The van der Waals surface area contributed by atoms with E-state index >= 15 is 0 Å². The zero-order valence-electron chi connectivity index (χ0n) is 10.0. The van der Waals surface area contributed by atoms with E-state index in [1.54, 1.807) is 6.07 Å². The van der Waals surface area contributed by atoms with Crippen molar-refractivity contribution < 1.29 is 14.7 Å². The maximum absolute atomic E-state index is 12.0. The molecule has 0 saturated heterocycles. The second-order valence-electron chi connectivity index (χ2n) is 4.41. The van der Waals surface area contributed by atoms with Crippen molar-refractivity contribution in [2.45, 2.75) is 6.04 Å². The van der Waals surface area contributed by atoms with E-state index in [4.69, 9.17) is 5.11 Å². The van der Waals surface area contributed by atoms with Crippen LogP contribution < -0.4 is 10.6 Å². The minimum Gasteiger partial charge on any atom is -0.394 e. The molecule has 0 aromatic heterocycles. The predicted octanol–water partition coefficient (Wildman–Crippen LogP) is 0.883. The molecule has 1 atom stereocenters. The second kappa shape index (κ2) is 4.37. The molecule has 0 fully saturated rings. The maximum atomic E-state index is 12.0. The third-order valence-corrected chi connectivity index (χ3v) is 3.23. The fourth-order valence-electron chi connectivity index (χ4n) is 2.24. The molecular weight excluding hydrogens is 244 g/mol. The summed E-state index contributed by atoms with van der Waals surface area (Å²) >= 11 is 0. The van der Waals surface area contributed by atoms with E-state index in [2.05, 4.69) is 10.6 Å². The maximum Gasteiger partial charge on any atom is 0.254 e. The first-order valence-electron chi connectivity index (χ1n) is 5.95. The molecule has 1 heterocycles. The Bertz CT molecular complexity index is 681. The van der Waals surface area contributed by atoms with Gasteiger partial charge in [0, 0.05) is 5.39 Å². The van der Waals surface area contributed by atoms with Crippen molar-refractivity contribution >= 4 is 28.3 Å². The molecule has 0 radical (unpaired) electrons. The predicted molar refractivity (Wildman–Crippen MR) is 70.9 cm³/mol. The number of carbonyl (C=O) groups is 2. The summed E-state index contributed by atoms with van der Waals surface area (Å²) in [5, 5.41) is 16.1. The van der Waals surface area contributed by atoms with Crippen LogP contribution in [0.4, 0.5) is 5.69 Å². The minimum atomic E-state index is -0.918. The van der Waals surface area contributed by atoms with Crippen LogP contribution in [-0.2, 0) is 4.79 Å². The van der Waals surface area contributed by atoms with E-state index in [1.165, 1.54) is 0 Å². The minimum absolute atomic E-state index is 0.363. The van der Waals surface area contributed by atoms with Crippen molar-refractivity contribution in [3.8, 4) is 0 Å². The number of aliphatic hydroxyl groups is 1. The van der Waals surface area contributed by atoms with Crippen molar-refractivity contribution in [1.29, 1.82) is 0 Å². The summed E-state index contributed by atoms with van der Waals surface area (Å²) in [6.45, 7) is -0.427. The summed E-state index contributed by atoms with van der Waals surface area (Å²) < 4.78 is 0. The zero-order valence-corrected chi connectivity index (χ0v) is 10.0. The molecule has 0 spiro atoms. The van der Waals surface area contributed by atoms with Gasteiger partial charge in [0.05, 0.1) is 17.9 Å². The average Bonchev–Trinajstić information content (AvgIpc) is 2.56. The summed E-state index contributed by atoms with van der Waals surface area (Å²) in [7, 11) is 0. The summed E-state index contributed by atoms with van der Waals surface area (Å²) in [5.41, 5.74) is 0.902. The molecule has 3 rings (SSSR count). The molecule has 1 unspecified atom stereocenters. The van der Waals surface area contributed by atoms with Crippen LogP contribution >= 0.6 is 0 Å². The number of benzene rings is 2. The molecule has 96 valence electrons. The van der Waals surface area contributed by atoms with Crippen LogP contribution in [0.15, 0.2) is 36.4 Å². The van der Waals surface area contributed by atoms with Crippen LogP contribution in [0, 0.1) is 0 Å². The van der Waals surface area contributed by atoms with Gasteiger partial charge in [0.2, 0.25) is 5.91 Å². The van der Waals surface area contributed by atoms with Crippen molar-refractivity contribution in [2.75, 3.05) is 11.9 Å². The largest absolute Gasteiger partial charge is 0.394 e. The number of fused-ring (bicyclic) bond motifs is 3. The molecule has 19 heavy (non-hydrogen) atoms. The van der Waals surface area contributed by atoms with E-state index in [0.29, 0.717) is 11.3 Å². The average molecular weight is 256 g/mol. The van der Waals surface area contributed by atoms with Crippen molar-refractivity contribution in [3.05, 3.63) is 42.0 Å². The first-order chi connectivity index (χ1) is 9.20. The van der Waals surface area contributed by atoms with Gasteiger partial charge in [-0.25, -0.2) is 0 Å². The number of anilines is 1. The standard InChI is InChI=1S/C14H12N2O3/c17-7-11-14(19)16-12-9-4-2-1-3-8(9)5-6-10(12)13(18)15-11/h1-6,11,17H,7H2,(H,15,18)(H,16,19). The lowest BCUT2D eigenvalue weighted by Gasteiger charge is -2.10. The monoisotopic (exact) mass is 256 g/mol. The number of hydrogen-bond acceptors (Lipinski definition) is 3. The normalized spacial score (nSPS) is 18.5. The Morgan fingerprint density at radius 2 is 1.89 bits per heavy atom. The topological polar surface area (TPSA) is 78.4 Å². The molecule has 5 heteroatoms. The number of hydrogen-bond donors (Lipinski definition) is 3. The van der Waals surface area contributed by atoms with E-state index in [9.17, 15) is 9.59 Å². The first kappa shape index (κ1) is 11.7. The number of nitrogens with one attached hydrogen (secondary N) is 2. The highest BCUT2D eigenvalue weighted by atomic mass is 16.3. The van der Waals surface area contributed by atoms with Gasteiger partial charge in [0.25, 0.3) is 5.91 Å². The van der Waals surface area contributed by atoms with E-state index < -0.39 is 18.6 Å². The number of carbonyl (C=O) groups excluding carboxylic acids is 2. The summed E-state index contributed by atoms with van der Waals surface area (Å²) in [6, 6.07) is 10.1. The molecule has 3 N–H and O–H groups in total. The second-order valence-corrected chi connectivity index (χ2v) is 4.41. The van der Waals surface area contributed by atoms with E-state index in [1.807, 2.05) is 30.3 Å². The van der Waals surface area contributed by atoms with Crippen LogP contribution in [0.2, 0.25) is 0 Å². The fraction of sp³-hybridized carbons (Fsp3) is 0.143. The van der Waals surface area contributed by atoms with Crippen molar-refractivity contribution in [1.82, 2.24) is 5.32 Å². The molecular formula is C14H12N2O3. The van der Waals surface area contributed by atoms with Crippen LogP contribution in [0.1, 0.15) is 10.4 Å². The highest BCUT2D eigenvalue weighted by Gasteiger charge is 2.28. The lowest BCUT2D eigenvalue weighted by atomic mass is 10.0. The van der Waals surface area contributed by atoms with Crippen molar-refractivity contribution in [3.63, 3.8) is 0 Å². The molecule has 1 aliphatic rings. The fourth-order valence-corrected chi connectivity index (χ4v) is 2.24. The molecule has 2 aromatic rings. The van der Waals surface area contributed by atoms with Gasteiger partial charge in [-0.2, -0.15) is 0 Å². The Balaban J connectivity index is 2.23. The molecule has 2 amide bonds. The lowest BCUT2D eigenvalue weighted by Crippen LogP contribution is -2.43. The van der Waals surface area contributed by atoms with Crippen LogP contribution in [0.25, 0.3) is 10.8 Å². The molecule has 5 nitrogen and oxygen atoms in total. The zero-order chi connectivity index (χ0) is 13.4. The summed E-state index contributed by atoms with van der Waals surface area (Å²) in [4.78, 5) is 24.0. The van der Waals surface area contributed by atoms with Gasteiger partial charge in [-0.1, -0.05) is 30.3 Å². The molecule has 0 bridgehead atoms. The first-order valence-corrected chi connectivity index (χ1v) is 5.95. The number of rotatable bonds is 1. The molecule has 0 aliphatic carbocycles. The highest BCUT2D eigenvalue weighted by molar-refractivity contribution is 6.16. The number of aliphatic hydroxyl groups excluding tert-OH is 1. The van der Waals surface area contributed by atoms with E-state index in [-0.39, 0.29) is 5.91 Å². The van der Waals surface area contributed by atoms with Gasteiger partial charge < -0.3 is 15.7 Å². The van der Waals surface area contributed by atoms with Gasteiger partial charge in [0.1, 0.15) is 6.04 Å². The van der Waals surface area contributed by atoms with Gasteiger partial charge >= 0.3 is 0 Å². The Kier molecular flexibility index (Phi) is 2.68. The Hall–Kier alpha value is -2.40. The van der Waals surface area contributed by atoms with Gasteiger partial charge in [-0.05, 0) is 11.5 Å². The molecule has 1 aliphatic heterocycles. The summed E-state index contributed by atoms with van der Waals surface area (Å²) in [5.74, 6) is -0.774. The SMILES string of the molecule is O=C1NC(CO)C(=O)Nc2c1ccc1ccccc21. The molecule has 0 saturated carbocycles. The van der Waals surface area contributed by atoms with Crippen LogP contribution in [0.5, 0.6) is 0 Å². The Labute approximate surface area is 109 Å². The quantitative estimate of drug-likeness (QED) is 0.708. The van der Waals surface area contributed by atoms with Crippen LogP contribution in [-0.4, -0.2) is 29.6 Å². The van der Waals surface area contributed by atoms with Crippen LogP contribution in [0.3, 0.4) is 0 Å². The smallest absolute Gasteiger partial charge is 0.254 e. The van der Waals surface area contributed by atoms with E-state index in [0.717, 1.165) is 10.8 Å². The van der Waals surface area contributed by atoms with Gasteiger partial charge in [-0.15, -0.1) is 0 Å². The number of amides is 2. The van der Waals surface area contributed by atoms with Gasteiger partial charge in [-0.3, -0.25) is 9.59 Å².